The van der Waals surface area contributed by atoms with Gasteiger partial charge in [-0.3, -0.25) is 4.79 Å². The molecule has 0 aliphatic heterocycles. The molecule has 0 bridgehead atoms. The molecular formula is C19H24ClN3O4S. The largest absolute Gasteiger partial charge is 0.495 e. The zero-order valence-electron chi connectivity index (χ0n) is 16.0. The molecule has 0 aliphatic rings. The van der Waals surface area contributed by atoms with Crippen molar-refractivity contribution < 1.29 is 17.9 Å². The van der Waals surface area contributed by atoms with E-state index in [1.807, 2.05) is 0 Å². The fraction of sp³-hybridized carbons (Fsp3) is 0.316. The third-order valence-corrected chi connectivity index (χ3v) is 6.48. The molecule has 28 heavy (non-hydrogen) atoms. The number of carbonyl (C=O) groups excluding carboxylic acids is 1. The highest BCUT2D eigenvalue weighted by Gasteiger charge is 2.23. The van der Waals surface area contributed by atoms with Gasteiger partial charge in [0.15, 0.2) is 0 Å². The topological polar surface area (TPSA) is 87.7 Å². The van der Waals surface area contributed by atoms with Gasteiger partial charge in [0.05, 0.1) is 34.9 Å². The first-order chi connectivity index (χ1) is 13.3. The fourth-order valence-corrected chi connectivity index (χ4v) is 4.32. The average Bonchev–Trinajstić information content (AvgIpc) is 2.68. The number of para-hydroxylation sites is 1. The van der Waals surface area contributed by atoms with Gasteiger partial charge in [-0.05, 0) is 30.3 Å². The van der Waals surface area contributed by atoms with Crippen LogP contribution >= 0.6 is 11.6 Å². The number of ether oxygens (including phenoxy) is 1. The van der Waals surface area contributed by atoms with Crippen LogP contribution in [-0.2, 0) is 14.8 Å². The number of methoxy groups -OCH3 is 1. The molecule has 0 aromatic heterocycles. The molecule has 2 aromatic rings. The van der Waals surface area contributed by atoms with E-state index in [2.05, 4.69) is 10.6 Å². The molecule has 0 radical (unpaired) electrons. The minimum atomic E-state index is -3.65. The van der Waals surface area contributed by atoms with E-state index in [-0.39, 0.29) is 23.0 Å². The van der Waals surface area contributed by atoms with Crippen LogP contribution in [0.25, 0.3) is 0 Å². The molecule has 2 rings (SSSR count). The Bertz CT molecular complexity index is 931. The van der Waals surface area contributed by atoms with Gasteiger partial charge in [-0.2, -0.15) is 4.31 Å². The van der Waals surface area contributed by atoms with Crippen LogP contribution in [0.2, 0.25) is 5.02 Å². The van der Waals surface area contributed by atoms with Crippen molar-refractivity contribution in [2.75, 3.05) is 37.4 Å². The number of halogens is 1. The number of amides is 1. The number of hydrogen-bond donors (Lipinski definition) is 2. The van der Waals surface area contributed by atoms with Gasteiger partial charge in [0, 0.05) is 13.1 Å². The average molecular weight is 426 g/mol. The molecule has 2 N–H and O–H groups in total. The lowest BCUT2D eigenvalue weighted by Gasteiger charge is -2.19. The number of hydrogen-bond acceptors (Lipinski definition) is 5. The summed E-state index contributed by atoms with van der Waals surface area (Å²) in [6.45, 7) is 4.21. The molecule has 2 aromatic carbocycles. The Kier molecular flexibility index (Phi) is 7.68. The van der Waals surface area contributed by atoms with Crippen molar-refractivity contribution in [1.29, 1.82) is 0 Å². The molecule has 9 heteroatoms. The molecule has 0 saturated carbocycles. The quantitative estimate of drug-likeness (QED) is 0.642. The Balaban J connectivity index is 2.20. The van der Waals surface area contributed by atoms with E-state index in [1.54, 1.807) is 38.1 Å². The van der Waals surface area contributed by atoms with Crippen LogP contribution in [0.3, 0.4) is 0 Å². The summed E-state index contributed by atoms with van der Waals surface area (Å²) in [5, 5.41) is 6.13. The molecule has 0 saturated heterocycles. The third-order valence-electron chi connectivity index (χ3n) is 4.10. The van der Waals surface area contributed by atoms with Crippen molar-refractivity contribution in [2.45, 2.75) is 18.7 Å². The van der Waals surface area contributed by atoms with Crippen LogP contribution < -0.4 is 15.4 Å². The Morgan fingerprint density at radius 2 is 1.79 bits per heavy atom. The molecule has 0 fully saturated rings. The molecule has 0 unspecified atom stereocenters. The zero-order chi connectivity index (χ0) is 20.7. The maximum atomic E-state index is 12.7. The van der Waals surface area contributed by atoms with E-state index in [0.29, 0.717) is 29.5 Å². The molecule has 0 heterocycles. The number of nitrogens with one attached hydrogen (secondary N) is 2. The Morgan fingerprint density at radius 1 is 1.11 bits per heavy atom. The van der Waals surface area contributed by atoms with E-state index in [1.165, 1.54) is 29.6 Å². The van der Waals surface area contributed by atoms with Crippen molar-refractivity contribution in [1.82, 2.24) is 4.31 Å². The molecule has 1 amide bonds. The second kappa shape index (κ2) is 9.77. The molecular weight excluding hydrogens is 402 g/mol. The Labute approximate surface area is 170 Å². The summed E-state index contributed by atoms with van der Waals surface area (Å²) in [5.41, 5.74) is 0.908. The van der Waals surface area contributed by atoms with Crippen LogP contribution in [0.15, 0.2) is 47.4 Å². The number of anilines is 2. The van der Waals surface area contributed by atoms with Gasteiger partial charge >= 0.3 is 0 Å². The van der Waals surface area contributed by atoms with E-state index >= 15 is 0 Å². The summed E-state index contributed by atoms with van der Waals surface area (Å²) in [7, 11) is -2.20. The summed E-state index contributed by atoms with van der Waals surface area (Å²) in [5.74, 6) is 0.000183. The standard InChI is InChI=1S/C19H24ClN3O4S/c1-4-23(5-2)28(25,26)14-10-11-18(27-3)17(12-14)22-19(24)13-21-16-9-7-6-8-15(16)20/h6-12,21H,4-5,13H2,1-3H3,(H,22,24). The van der Waals surface area contributed by atoms with Crippen LogP contribution in [0.4, 0.5) is 11.4 Å². The number of nitrogens with zero attached hydrogens (tertiary/aromatic N) is 1. The highest BCUT2D eigenvalue weighted by atomic mass is 35.5. The van der Waals surface area contributed by atoms with Gasteiger partial charge in [0.1, 0.15) is 5.75 Å². The minimum Gasteiger partial charge on any atom is -0.495 e. The molecule has 0 atom stereocenters. The normalized spacial score (nSPS) is 11.3. The monoisotopic (exact) mass is 425 g/mol. The summed E-state index contributed by atoms with van der Waals surface area (Å²) >= 11 is 6.06. The highest BCUT2D eigenvalue weighted by molar-refractivity contribution is 7.89. The van der Waals surface area contributed by atoms with Gasteiger partial charge < -0.3 is 15.4 Å². The maximum Gasteiger partial charge on any atom is 0.243 e. The van der Waals surface area contributed by atoms with Crippen molar-refractivity contribution >= 4 is 38.9 Å². The summed E-state index contributed by atoms with van der Waals surface area (Å²) < 4.78 is 32.0. The maximum absolute atomic E-state index is 12.7. The lowest BCUT2D eigenvalue weighted by molar-refractivity contribution is -0.114. The Morgan fingerprint density at radius 3 is 2.39 bits per heavy atom. The van der Waals surface area contributed by atoms with Crippen molar-refractivity contribution in [3.05, 3.63) is 47.5 Å². The number of benzene rings is 2. The van der Waals surface area contributed by atoms with Gasteiger partial charge in [-0.15, -0.1) is 0 Å². The first-order valence-electron chi connectivity index (χ1n) is 8.79. The summed E-state index contributed by atoms with van der Waals surface area (Å²) in [6, 6.07) is 11.5. The van der Waals surface area contributed by atoms with Crippen molar-refractivity contribution in [2.24, 2.45) is 0 Å². The summed E-state index contributed by atoms with van der Waals surface area (Å²) in [4.78, 5) is 12.4. The van der Waals surface area contributed by atoms with E-state index in [0.717, 1.165) is 0 Å². The van der Waals surface area contributed by atoms with E-state index in [4.69, 9.17) is 16.3 Å². The van der Waals surface area contributed by atoms with Gasteiger partial charge in [-0.25, -0.2) is 8.42 Å². The number of carbonyl (C=O) groups is 1. The fourth-order valence-electron chi connectivity index (χ4n) is 2.63. The second-order valence-electron chi connectivity index (χ2n) is 5.83. The number of sulfonamides is 1. The number of rotatable bonds is 9. The minimum absolute atomic E-state index is 0.0418. The zero-order valence-corrected chi connectivity index (χ0v) is 17.6. The molecule has 7 nitrogen and oxygen atoms in total. The molecule has 0 spiro atoms. The first-order valence-corrected chi connectivity index (χ1v) is 10.6. The predicted molar refractivity (Wildman–Crippen MR) is 112 cm³/mol. The lowest BCUT2D eigenvalue weighted by atomic mass is 10.3. The second-order valence-corrected chi connectivity index (χ2v) is 8.18. The van der Waals surface area contributed by atoms with E-state index < -0.39 is 10.0 Å². The first kappa shape index (κ1) is 22.0. The predicted octanol–water partition coefficient (Wildman–Crippen LogP) is 3.43. The lowest BCUT2D eigenvalue weighted by Crippen LogP contribution is -2.30. The van der Waals surface area contributed by atoms with Gasteiger partial charge in [-0.1, -0.05) is 37.6 Å². The van der Waals surface area contributed by atoms with Crippen molar-refractivity contribution in [3.8, 4) is 5.75 Å². The van der Waals surface area contributed by atoms with E-state index in [9.17, 15) is 13.2 Å². The smallest absolute Gasteiger partial charge is 0.243 e. The van der Waals surface area contributed by atoms with Crippen LogP contribution in [0, 0.1) is 0 Å². The summed E-state index contributed by atoms with van der Waals surface area (Å²) in [6.07, 6.45) is 0. The SMILES string of the molecule is CCN(CC)S(=O)(=O)c1ccc(OC)c(NC(=O)CNc2ccccc2Cl)c1. The van der Waals surface area contributed by atoms with Crippen LogP contribution in [-0.4, -0.2) is 45.4 Å². The van der Waals surface area contributed by atoms with Crippen LogP contribution in [0.1, 0.15) is 13.8 Å². The molecule has 152 valence electrons. The highest BCUT2D eigenvalue weighted by Crippen LogP contribution is 2.29. The van der Waals surface area contributed by atoms with Gasteiger partial charge in [0.2, 0.25) is 15.9 Å². The Hall–Kier alpha value is -2.29. The van der Waals surface area contributed by atoms with Crippen molar-refractivity contribution in [3.63, 3.8) is 0 Å². The van der Waals surface area contributed by atoms with Gasteiger partial charge in [0.25, 0.3) is 0 Å². The van der Waals surface area contributed by atoms with Crippen LogP contribution in [0.5, 0.6) is 5.75 Å². The molecule has 0 aliphatic carbocycles. The third kappa shape index (κ3) is 5.15.